The van der Waals surface area contributed by atoms with Crippen molar-refractivity contribution in [3.63, 3.8) is 0 Å². The molecule has 4 rings (SSSR count). The lowest BCUT2D eigenvalue weighted by Crippen LogP contribution is -2.30. The minimum Gasteiger partial charge on any atom is -0.483 e. The molecule has 0 saturated carbocycles. The largest absolute Gasteiger partial charge is 0.483 e. The van der Waals surface area contributed by atoms with Crippen molar-refractivity contribution < 1.29 is 19.0 Å². The van der Waals surface area contributed by atoms with Crippen LogP contribution in [0.4, 0.5) is 5.69 Å². The molecule has 0 radical (unpaired) electrons. The summed E-state index contributed by atoms with van der Waals surface area (Å²) >= 11 is 0. The summed E-state index contributed by atoms with van der Waals surface area (Å²) in [5.41, 5.74) is 1.50. The van der Waals surface area contributed by atoms with E-state index in [1.165, 1.54) is 0 Å². The maximum Gasteiger partial charge on any atom is 0.265 e. The summed E-state index contributed by atoms with van der Waals surface area (Å²) in [5, 5.41) is 2.88. The maximum atomic E-state index is 12.6. The van der Waals surface area contributed by atoms with Gasteiger partial charge in [-0.15, -0.1) is 0 Å². The molecule has 0 spiro atoms. The molecular weight excluding hydrogens is 378 g/mol. The molecule has 0 bridgehead atoms. The molecule has 0 unspecified atom stereocenters. The smallest absolute Gasteiger partial charge is 0.265 e. The third kappa shape index (κ3) is 4.57. The molecule has 1 heterocycles. The number of ether oxygens (including phenoxy) is 3. The molecule has 1 amide bonds. The van der Waals surface area contributed by atoms with Crippen LogP contribution in [-0.2, 0) is 11.2 Å². The normalized spacial score (nSPS) is 14.9. The molecule has 154 valence electrons. The Kier molecular flexibility index (Phi) is 5.36. The summed E-state index contributed by atoms with van der Waals surface area (Å²) in [6.07, 6.45) is 0.140. The van der Waals surface area contributed by atoms with Gasteiger partial charge in [-0.1, -0.05) is 30.3 Å². The van der Waals surface area contributed by atoms with E-state index in [0.29, 0.717) is 17.2 Å². The fourth-order valence-corrected chi connectivity index (χ4v) is 3.40. The Hall–Kier alpha value is -3.47. The summed E-state index contributed by atoms with van der Waals surface area (Å²) in [6.45, 7) is 5.80. The van der Waals surface area contributed by atoms with Gasteiger partial charge in [-0.3, -0.25) is 4.79 Å². The second-order valence-corrected chi connectivity index (χ2v) is 7.97. The lowest BCUT2D eigenvalue weighted by molar-refractivity contribution is -0.122. The highest BCUT2D eigenvalue weighted by Gasteiger charge is 2.33. The zero-order valence-corrected chi connectivity index (χ0v) is 17.3. The van der Waals surface area contributed by atoms with E-state index in [4.69, 9.17) is 14.2 Å². The number of para-hydroxylation sites is 2. The third-order valence-electron chi connectivity index (χ3n) is 4.83. The summed E-state index contributed by atoms with van der Waals surface area (Å²) in [4.78, 5) is 12.6. The molecule has 3 aromatic rings. The van der Waals surface area contributed by atoms with E-state index < -0.39 is 6.10 Å². The molecule has 0 saturated heterocycles. The average molecular weight is 403 g/mol. The predicted octanol–water partition coefficient (Wildman–Crippen LogP) is 5.60. The minimum absolute atomic E-state index is 0.235. The molecule has 3 aromatic carbocycles. The van der Waals surface area contributed by atoms with Gasteiger partial charge in [0.1, 0.15) is 17.1 Å². The molecule has 1 atom stereocenters. The average Bonchev–Trinajstić information content (AvgIpc) is 3.05. The molecule has 0 aliphatic carbocycles. The highest BCUT2D eigenvalue weighted by atomic mass is 16.5. The molecule has 5 heteroatoms. The van der Waals surface area contributed by atoms with Crippen molar-refractivity contribution in [2.75, 3.05) is 5.32 Å². The van der Waals surface area contributed by atoms with Crippen molar-refractivity contribution in [2.24, 2.45) is 0 Å². The van der Waals surface area contributed by atoms with Crippen molar-refractivity contribution in [1.82, 2.24) is 0 Å². The molecule has 5 nitrogen and oxygen atoms in total. The van der Waals surface area contributed by atoms with Crippen molar-refractivity contribution >= 4 is 11.6 Å². The summed E-state index contributed by atoms with van der Waals surface area (Å²) in [6, 6.07) is 22.6. The number of carbonyl (C=O) groups excluding carboxylic acids is 1. The zero-order chi connectivity index (χ0) is 21.1. The van der Waals surface area contributed by atoms with Crippen LogP contribution in [0.5, 0.6) is 23.0 Å². The minimum atomic E-state index is -0.677. The zero-order valence-electron chi connectivity index (χ0n) is 17.3. The predicted molar refractivity (Wildman–Crippen MR) is 117 cm³/mol. The molecule has 30 heavy (non-hydrogen) atoms. The number of amides is 1. The molecular formula is C25H25NO4. The summed E-state index contributed by atoms with van der Waals surface area (Å²) in [7, 11) is 0. The van der Waals surface area contributed by atoms with Gasteiger partial charge in [-0.25, -0.2) is 0 Å². The molecule has 0 aromatic heterocycles. The first-order valence-corrected chi connectivity index (χ1v) is 10.0. The van der Waals surface area contributed by atoms with Crippen molar-refractivity contribution in [2.45, 2.75) is 38.9 Å². The standard InChI is InChI=1S/C25H25NO4/c1-17(28-22-11-7-8-18-16-25(2,3)30-23(18)22)24(27)26-19-12-14-21(15-13-19)29-20-9-5-4-6-10-20/h4-15,17H,16H2,1-3H3,(H,26,27)/t17-/m1/s1. The van der Waals surface area contributed by atoms with Gasteiger partial charge in [-0.05, 0) is 63.2 Å². The van der Waals surface area contributed by atoms with Gasteiger partial charge < -0.3 is 19.5 Å². The van der Waals surface area contributed by atoms with Crippen LogP contribution in [0.3, 0.4) is 0 Å². The number of fused-ring (bicyclic) bond motifs is 1. The number of rotatable bonds is 6. The van der Waals surface area contributed by atoms with Crippen LogP contribution in [0.1, 0.15) is 26.3 Å². The van der Waals surface area contributed by atoms with Gasteiger partial charge in [0.05, 0.1) is 0 Å². The third-order valence-corrected chi connectivity index (χ3v) is 4.83. The van der Waals surface area contributed by atoms with Gasteiger partial charge in [0, 0.05) is 17.7 Å². The van der Waals surface area contributed by atoms with Gasteiger partial charge in [0.2, 0.25) is 0 Å². The highest BCUT2D eigenvalue weighted by molar-refractivity contribution is 5.94. The first-order valence-electron chi connectivity index (χ1n) is 10.0. The van der Waals surface area contributed by atoms with E-state index >= 15 is 0 Å². The Labute approximate surface area is 176 Å². The number of hydrogen-bond donors (Lipinski definition) is 1. The number of nitrogens with one attached hydrogen (secondary N) is 1. The van der Waals surface area contributed by atoms with Gasteiger partial charge in [0.25, 0.3) is 5.91 Å². The molecule has 0 fully saturated rings. The van der Waals surface area contributed by atoms with E-state index in [9.17, 15) is 4.79 Å². The van der Waals surface area contributed by atoms with Crippen LogP contribution in [0, 0.1) is 0 Å². The first-order chi connectivity index (χ1) is 14.4. The second-order valence-electron chi connectivity index (χ2n) is 7.97. The molecule has 1 N–H and O–H groups in total. The first kappa shape index (κ1) is 19.8. The van der Waals surface area contributed by atoms with Gasteiger partial charge in [0.15, 0.2) is 17.6 Å². The Bertz CT molecular complexity index is 1030. The van der Waals surface area contributed by atoms with E-state index in [2.05, 4.69) is 5.32 Å². The van der Waals surface area contributed by atoms with Crippen molar-refractivity contribution in [1.29, 1.82) is 0 Å². The molecule has 1 aliphatic rings. The second kappa shape index (κ2) is 8.11. The Morgan fingerprint density at radius 1 is 0.967 bits per heavy atom. The molecule has 1 aliphatic heterocycles. The summed E-state index contributed by atoms with van der Waals surface area (Å²) < 4.78 is 17.7. The van der Waals surface area contributed by atoms with Gasteiger partial charge in [-0.2, -0.15) is 0 Å². The van der Waals surface area contributed by atoms with E-state index in [1.807, 2.05) is 74.5 Å². The van der Waals surface area contributed by atoms with Crippen LogP contribution in [0.15, 0.2) is 72.8 Å². The fourth-order valence-electron chi connectivity index (χ4n) is 3.40. The van der Waals surface area contributed by atoms with Crippen LogP contribution in [-0.4, -0.2) is 17.6 Å². The topological polar surface area (TPSA) is 56.8 Å². The Balaban J connectivity index is 1.37. The lowest BCUT2D eigenvalue weighted by atomic mass is 10.0. The van der Waals surface area contributed by atoms with E-state index in [1.54, 1.807) is 19.1 Å². The fraction of sp³-hybridized carbons (Fsp3) is 0.240. The number of hydrogen-bond acceptors (Lipinski definition) is 4. The van der Waals surface area contributed by atoms with Crippen LogP contribution >= 0.6 is 0 Å². The monoisotopic (exact) mass is 403 g/mol. The van der Waals surface area contributed by atoms with E-state index in [0.717, 1.165) is 23.5 Å². The van der Waals surface area contributed by atoms with Crippen molar-refractivity contribution in [3.05, 3.63) is 78.4 Å². The Morgan fingerprint density at radius 2 is 1.67 bits per heavy atom. The SMILES string of the molecule is C[C@@H](Oc1cccc2c1OC(C)(C)C2)C(=O)Nc1ccc(Oc2ccccc2)cc1. The Morgan fingerprint density at radius 3 is 2.40 bits per heavy atom. The number of benzene rings is 3. The lowest BCUT2D eigenvalue weighted by Gasteiger charge is -2.20. The van der Waals surface area contributed by atoms with Crippen LogP contribution in [0.2, 0.25) is 0 Å². The number of anilines is 1. The number of carbonyl (C=O) groups is 1. The van der Waals surface area contributed by atoms with E-state index in [-0.39, 0.29) is 11.5 Å². The van der Waals surface area contributed by atoms with Crippen molar-refractivity contribution in [3.8, 4) is 23.0 Å². The van der Waals surface area contributed by atoms with Crippen LogP contribution in [0.25, 0.3) is 0 Å². The quantitative estimate of drug-likeness (QED) is 0.582. The van der Waals surface area contributed by atoms with Gasteiger partial charge >= 0.3 is 0 Å². The van der Waals surface area contributed by atoms with Crippen LogP contribution < -0.4 is 19.5 Å². The summed E-state index contributed by atoms with van der Waals surface area (Å²) in [5.74, 6) is 2.54. The highest BCUT2D eigenvalue weighted by Crippen LogP contribution is 2.42. The maximum absolute atomic E-state index is 12.6.